The van der Waals surface area contributed by atoms with E-state index in [0.29, 0.717) is 18.2 Å². The summed E-state index contributed by atoms with van der Waals surface area (Å²) in [5.41, 5.74) is -0.675. The van der Waals surface area contributed by atoms with Gasteiger partial charge in [-0.05, 0) is 25.7 Å². The van der Waals surface area contributed by atoms with Gasteiger partial charge in [-0.25, -0.2) is 0 Å². The largest absolute Gasteiger partial charge is 0.481 e. The molecule has 0 bridgehead atoms. The van der Waals surface area contributed by atoms with Crippen LogP contribution in [0.15, 0.2) is 4.52 Å². The molecule has 2 fully saturated rings. The maximum atomic E-state index is 11.5. The zero-order chi connectivity index (χ0) is 12.6. The van der Waals surface area contributed by atoms with Crippen molar-refractivity contribution in [1.82, 2.24) is 10.1 Å². The molecule has 98 valence electrons. The Labute approximate surface area is 106 Å². The van der Waals surface area contributed by atoms with Crippen LogP contribution in [-0.2, 0) is 11.2 Å². The molecule has 0 amide bonds. The van der Waals surface area contributed by atoms with Crippen LogP contribution in [0.1, 0.15) is 62.6 Å². The normalized spacial score (nSPS) is 22.9. The number of carboxylic acids is 1. The van der Waals surface area contributed by atoms with Crippen molar-refractivity contribution in [3.63, 3.8) is 0 Å². The third-order valence-electron chi connectivity index (χ3n) is 4.18. The Kier molecular flexibility index (Phi) is 2.84. The molecule has 0 aliphatic heterocycles. The van der Waals surface area contributed by atoms with Gasteiger partial charge in [0, 0.05) is 12.3 Å². The standard InChI is InChI=1S/C13H18N2O3/c16-12(17)13(6-2-1-3-7-13)8-10-14-11(15-18-10)9-4-5-9/h9H,1-8H2,(H,16,17). The summed E-state index contributed by atoms with van der Waals surface area (Å²) in [6.07, 6.45) is 7.19. The number of aliphatic carboxylic acids is 1. The number of carbonyl (C=O) groups is 1. The van der Waals surface area contributed by atoms with Crippen LogP contribution >= 0.6 is 0 Å². The van der Waals surface area contributed by atoms with Gasteiger partial charge in [0.15, 0.2) is 5.82 Å². The van der Waals surface area contributed by atoms with Crippen molar-refractivity contribution in [1.29, 1.82) is 0 Å². The van der Waals surface area contributed by atoms with Crippen LogP contribution in [-0.4, -0.2) is 21.2 Å². The van der Waals surface area contributed by atoms with Crippen molar-refractivity contribution in [2.75, 3.05) is 0 Å². The van der Waals surface area contributed by atoms with Crippen molar-refractivity contribution >= 4 is 5.97 Å². The predicted molar refractivity (Wildman–Crippen MR) is 63.1 cm³/mol. The summed E-state index contributed by atoms with van der Waals surface area (Å²) in [7, 11) is 0. The minimum absolute atomic E-state index is 0.391. The summed E-state index contributed by atoms with van der Waals surface area (Å²) in [4.78, 5) is 15.9. The quantitative estimate of drug-likeness (QED) is 0.888. The highest BCUT2D eigenvalue weighted by Crippen LogP contribution is 2.41. The minimum atomic E-state index is -0.714. The summed E-state index contributed by atoms with van der Waals surface area (Å²) < 4.78 is 5.22. The van der Waals surface area contributed by atoms with E-state index in [1.165, 1.54) is 0 Å². The van der Waals surface area contributed by atoms with Gasteiger partial charge in [0.05, 0.1) is 5.41 Å². The zero-order valence-corrected chi connectivity index (χ0v) is 10.4. The van der Waals surface area contributed by atoms with Crippen LogP contribution in [0.25, 0.3) is 0 Å². The van der Waals surface area contributed by atoms with Crippen molar-refractivity contribution in [2.45, 2.75) is 57.3 Å². The fourth-order valence-corrected chi connectivity index (χ4v) is 2.83. The highest BCUT2D eigenvalue weighted by Gasteiger charge is 2.41. The summed E-state index contributed by atoms with van der Waals surface area (Å²) in [5, 5.41) is 13.4. The van der Waals surface area contributed by atoms with Gasteiger partial charge in [0.1, 0.15) is 0 Å². The number of rotatable bonds is 4. The molecule has 0 saturated heterocycles. The van der Waals surface area contributed by atoms with Gasteiger partial charge in [0.25, 0.3) is 0 Å². The van der Waals surface area contributed by atoms with Gasteiger partial charge < -0.3 is 9.63 Å². The second kappa shape index (κ2) is 4.37. The highest BCUT2D eigenvalue weighted by atomic mass is 16.5. The Morgan fingerprint density at radius 2 is 2.06 bits per heavy atom. The molecule has 2 aliphatic carbocycles. The molecule has 1 aromatic rings. The fraction of sp³-hybridized carbons (Fsp3) is 0.769. The lowest BCUT2D eigenvalue weighted by atomic mass is 9.72. The first-order valence-electron chi connectivity index (χ1n) is 6.75. The predicted octanol–water partition coefficient (Wildman–Crippen LogP) is 2.52. The Morgan fingerprint density at radius 1 is 1.33 bits per heavy atom. The lowest BCUT2D eigenvalue weighted by Gasteiger charge is -2.31. The number of hydrogen-bond donors (Lipinski definition) is 1. The average molecular weight is 250 g/mol. The molecule has 18 heavy (non-hydrogen) atoms. The smallest absolute Gasteiger partial charge is 0.310 e. The Balaban J connectivity index is 1.76. The third kappa shape index (κ3) is 2.13. The minimum Gasteiger partial charge on any atom is -0.481 e. The molecule has 2 saturated carbocycles. The molecule has 0 spiro atoms. The third-order valence-corrected chi connectivity index (χ3v) is 4.18. The van der Waals surface area contributed by atoms with E-state index in [4.69, 9.17) is 4.52 Å². The first-order chi connectivity index (χ1) is 8.70. The monoisotopic (exact) mass is 250 g/mol. The summed E-state index contributed by atoms with van der Waals surface area (Å²) in [6, 6.07) is 0. The molecule has 0 atom stereocenters. The van der Waals surface area contributed by atoms with Crippen LogP contribution in [0.4, 0.5) is 0 Å². The number of hydrogen-bond acceptors (Lipinski definition) is 4. The summed E-state index contributed by atoms with van der Waals surface area (Å²) in [6.45, 7) is 0. The van der Waals surface area contributed by atoms with Gasteiger partial charge in [-0.1, -0.05) is 24.4 Å². The van der Waals surface area contributed by atoms with Crippen molar-refractivity contribution in [3.05, 3.63) is 11.7 Å². The van der Waals surface area contributed by atoms with Crippen LogP contribution in [0.5, 0.6) is 0 Å². The average Bonchev–Trinajstić information content (AvgIpc) is 3.12. The Bertz CT molecular complexity index is 445. The molecule has 2 aliphatic rings. The molecule has 5 nitrogen and oxygen atoms in total. The van der Waals surface area contributed by atoms with Gasteiger partial charge >= 0.3 is 5.97 Å². The first-order valence-corrected chi connectivity index (χ1v) is 6.75. The van der Waals surface area contributed by atoms with E-state index < -0.39 is 11.4 Å². The van der Waals surface area contributed by atoms with Crippen molar-refractivity contribution in [2.24, 2.45) is 5.41 Å². The lowest BCUT2D eigenvalue weighted by molar-refractivity contribution is -0.151. The van der Waals surface area contributed by atoms with Gasteiger partial charge in [0.2, 0.25) is 5.89 Å². The molecular formula is C13H18N2O3. The molecule has 0 unspecified atom stereocenters. The van der Waals surface area contributed by atoms with E-state index in [0.717, 1.165) is 50.8 Å². The molecule has 0 radical (unpaired) electrons. The molecule has 1 heterocycles. The second-order valence-corrected chi connectivity index (χ2v) is 5.64. The van der Waals surface area contributed by atoms with Crippen molar-refractivity contribution in [3.8, 4) is 0 Å². The Morgan fingerprint density at radius 3 is 2.67 bits per heavy atom. The van der Waals surface area contributed by atoms with Crippen LogP contribution in [0.3, 0.4) is 0 Å². The molecule has 0 aromatic carbocycles. The van der Waals surface area contributed by atoms with E-state index in [1.54, 1.807) is 0 Å². The SMILES string of the molecule is O=C(O)C1(Cc2nc(C3CC3)no2)CCCCC1. The van der Waals surface area contributed by atoms with Crippen LogP contribution in [0.2, 0.25) is 0 Å². The van der Waals surface area contributed by atoms with Crippen LogP contribution in [0, 0.1) is 5.41 Å². The summed E-state index contributed by atoms with van der Waals surface area (Å²) in [5.74, 6) is 1.01. The molecular weight excluding hydrogens is 232 g/mol. The van der Waals surface area contributed by atoms with Crippen LogP contribution < -0.4 is 0 Å². The highest BCUT2D eigenvalue weighted by molar-refractivity contribution is 5.75. The van der Waals surface area contributed by atoms with Crippen molar-refractivity contribution < 1.29 is 14.4 Å². The number of aromatic nitrogens is 2. The summed E-state index contributed by atoms with van der Waals surface area (Å²) >= 11 is 0. The van der Waals surface area contributed by atoms with E-state index in [1.807, 2.05) is 0 Å². The van der Waals surface area contributed by atoms with E-state index >= 15 is 0 Å². The number of nitrogens with zero attached hydrogens (tertiary/aromatic N) is 2. The maximum absolute atomic E-state index is 11.5. The van der Waals surface area contributed by atoms with E-state index in [9.17, 15) is 9.90 Å². The molecule has 5 heteroatoms. The second-order valence-electron chi connectivity index (χ2n) is 5.64. The Hall–Kier alpha value is -1.39. The van der Waals surface area contributed by atoms with Gasteiger partial charge in [-0.3, -0.25) is 4.79 Å². The number of carboxylic acid groups (broad SMARTS) is 1. The zero-order valence-electron chi connectivity index (χ0n) is 10.4. The topological polar surface area (TPSA) is 76.2 Å². The lowest BCUT2D eigenvalue weighted by Crippen LogP contribution is -2.35. The van der Waals surface area contributed by atoms with Gasteiger partial charge in [-0.2, -0.15) is 4.98 Å². The fourth-order valence-electron chi connectivity index (χ4n) is 2.83. The maximum Gasteiger partial charge on any atom is 0.310 e. The molecule has 3 rings (SSSR count). The van der Waals surface area contributed by atoms with E-state index in [-0.39, 0.29) is 0 Å². The van der Waals surface area contributed by atoms with E-state index in [2.05, 4.69) is 10.1 Å². The molecule has 1 N–H and O–H groups in total. The first kappa shape index (κ1) is 11.7. The molecule has 1 aromatic heterocycles. The van der Waals surface area contributed by atoms with Gasteiger partial charge in [-0.15, -0.1) is 0 Å².